The first-order valence-corrected chi connectivity index (χ1v) is 12.1. The molecule has 0 spiro atoms. The molecule has 16 heteroatoms. The van der Waals surface area contributed by atoms with E-state index in [9.17, 15) is 34.6 Å². The molecule has 0 atom stereocenters. The lowest BCUT2D eigenvalue weighted by Gasteiger charge is -2.12. The van der Waals surface area contributed by atoms with E-state index in [1.807, 2.05) is 0 Å². The van der Waals surface area contributed by atoms with Crippen molar-refractivity contribution < 1.29 is 38.4 Å². The number of benzene rings is 2. The number of hydrogen-bond acceptors (Lipinski definition) is 12. The minimum Gasteiger partial charge on any atom is -0.495 e. The molecular formula is C24H21N5O10S. The number of amides is 2. The number of aromatic nitrogens is 1. The lowest BCUT2D eigenvalue weighted by molar-refractivity contribution is -0.385. The largest absolute Gasteiger partial charge is 0.495 e. The van der Waals surface area contributed by atoms with Crippen molar-refractivity contribution in [2.75, 3.05) is 37.2 Å². The first-order valence-electron chi connectivity index (χ1n) is 11.1. The van der Waals surface area contributed by atoms with Gasteiger partial charge in [-0.2, -0.15) is 0 Å². The summed E-state index contributed by atoms with van der Waals surface area (Å²) in [5, 5.41) is 27.1. The van der Waals surface area contributed by atoms with Gasteiger partial charge in [0.2, 0.25) is 5.91 Å². The fraction of sp³-hybridized carbons (Fsp3) is 0.167. The highest BCUT2D eigenvalue weighted by Gasteiger charge is 2.19. The first kappa shape index (κ1) is 29.3. The number of nitrogens with zero attached hydrogens (tertiary/aromatic N) is 3. The zero-order valence-electron chi connectivity index (χ0n) is 20.9. The molecule has 40 heavy (non-hydrogen) atoms. The number of ether oxygens (including phenoxy) is 3. The molecule has 0 saturated heterocycles. The molecule has 15 nitrogen and oxygen atoms in total. The van der Waals surface area contributed by atoms with Gasteiger partial charge in [0, 0.05) is 30.5 Å². The summed E-state index contributed by atoms with van der Waals surface area (Å²) < 4.78 is 15.3. The van der Waals surface area contributed by atoms with E-state index in [0.717, 1.165) is 23.9 Å². The van der Waals surface area contributed by atoms with Crippen LogP contribution in [0.25, 0.3) is 0 Å². The molecule has 2 N–H and O–H groups in total. The van der Waals surface area contributed by atoms with Gasteiger partial charge >= 0.3 is 5.97 Å². The highest BCUT2D eigenvalue weighted by molar-refractivity contribution is 8.00. The van der Waals surface area contributed by atoms with E-state index in [0.29, 0.717) is 0 Å². The number of pyridine rings is 1. The Morgan fingerprint density at radius 2 is 1.43 bits per heavy atom. The van der Waals surface area contributed by atoms with Crippen molar-refractivity contribution in [2.24, 2.45) is 0 Å². The monoisotopic (exact) mass is 571 g/mol. The minimum atomic E-state index is -0.905. The van der Waals surface area contributed by atoms with E-state index in [4.69, 9.17) is 14.2 Å². The number of hydrogen-bond donors (Lipinski definition) is 2. The maximum absolute atomic E-state index is 12.7. The van der Waals surface area contributed by atoms with Gasteiger partial charge in [-0.3, -0.25) is 29.8 Å². The molecule has 0 aliphatic rings. The molecule has 0 saturated carbocycles. The minimum absolute atomic E-state index is 0.0155. The number of anilines is 2. The number of rotatable bonds is 12. The van der Waals surface area contributed by atoms with Crippen LogP contribution in [-0.2, 0) is 14.3 Å². The Labute approximate surface area is 230 Å². The van der Waals surface area contributed by atoms with Crippen LogP contribution in [0.1, 0.15) is 10.4 Å². The molecule has 2 aromatic carbocycles. The SMILES string of the molecule is COc1ccc([N+](=O)[O-])cc1NC(=O)COC(=O)c1cccnc1SCC(=O)Nc1cc([N+](=O)[O-])ccc1OC. The van der Waals surface area contributed by atoms with Gasteiger partial charge < -0.3 is 24.8 Å². The summed E-state index contributed by atoms with van der Waals surface area (Å²) in [6.45, 7) is -0.725. The smallest absolute Gasteiger partial charge is 0.341 e. The van der Waals surface area contributed by atoms with Crippen molar-refractivity contribution in [1.82, 2.24) is 4.98 Å². The number of carbonyl (C=O) groups is 3. The molecule has 0 unspecified atom stereocenters. The molecule has 0 radical (unpaired) electrons. The van der Waals surface area contributed by atoms with Gasteiger partial charge in [0.05, 0.1) is 46.8 Å². The Kier molecular flexibility index (Phi) is 9.90. The molecule has 2 amide bonds. The van der Waals surface area contributed by atoms with E-state index < -0.39 is 34.2 Å². The molecule has 208 valence electrons. The summed E-state index contributed by atoms with van der Waals surface area (Å²) >= 11 is 0.893. The Balaban J connectivity index is 1.61. The van der Waals surface area contributed by atoms with Crippen LogP contribution >= 0.6 is 11.8 Å². The van der Waals surface area contributed by atoms with Crippen LogP contribution in [-0.4, -0.2) is 59.2 Å². The molecule has 1 aromatic heterocycles. The Morgan fingerprint density at radius 1 is 0.875 bits per heavy atom. The van der Waals surface area contributed by atoms with E-state index in [1.54, 1.807) is 0 Å². The molecule has 3 aromatic rings. The number of nitrogens with one attached hydrogen (secondary N) is 2. The summed E-state index contributed by atoms with van der Waals surface area (Å²) in [7, 11) is 2.66. The van der Waals surface area contributed by atoms with Crippen LogP contribution in [0.4, 0.5) is 22.7 Å². The molecule has 0 fully saturated rings. The van der Waals surface area contributed by atoms with Crippen LogP contribution in [0.3, 0.4) is 0 Å². The fourth-order valence-corrected chi connectivity index (χ4v) is 3.97. The zero-order chi connectivity index (χ0) is 29.2. The Bertz CT molecular complexity index is 1470. The topological polar surface area (TPSA) is 202 Å². The third-order valence-electron chi connectivity index (χ3n) is 5.00. The highest BCUT2D eigenvalue weighted by atomic mass is 32.2. The van der Waals surface area contributed by atoms with Crippen molar-refractivity contribution in [3.63, 3.8) is 0 Å². The summed E-state index contributed by atoms with van der Waals surface area (Å²) in [6, 6.07) is 10.2. The number of non-ortho nitro benzene ring substituents is 2. The van der Waals surface area contributed by atoms with Gasteiger partial charge in [-0.15, -0.1) is 0 Å². The Morgan fingerprint density at radius 3 is 1.95 bits per heavy atom. The highest BCUT2D eigenvalue weighted by Crippen LogP contribution is 2.30. The number of nitro groups is 2. The number of thioether (sulfide) groups is 1. The summed E-state index contributed by atoms with van der Waals surface area (Å²) in [5.41, 5.74) is -0.436. The fourth-order valence-electron chi connectivity index (χ4n) is 3.19. The van der Waals surface area contributed by atoms with E-state index in [1.165, 1.54) is 56.8 Å². The Hall–Kier alpha value is -5.25. The summed E-state index contributed by atoms with van der Waals surface area (Å²) in [5.74, 6) is -2.09. The first-order chi connectivity index (χ1) is 19.1. The second-order valence-corrected chi connectivity index (χ2v) is 8.56. The van der Waals surface area contributed by atoms with Gasteiger partial charge in [-0.1, -0.05) is 11.8 Å². The van der Waals surface area contributed by atoms with E-state index in [2.05, 4.69) is 15.6 Å². The number of methoxy groups -OCH3 is 2. The zero-order valence-corrected chi connectivity index (χ0v) is 21.8. The molecular weight excluding hydrogens is 550 g/mol. The number of carbonyl (C=O) groups excluding carboxylic acids is 3. The maximum Gasteiger partial charge on any atom is 0.341 e. The van der Waals surface area contributed by atoms with Gasteiger partial charge in [0.25, 0.3) is 17.3 Å². The summed E-state index contributed by atoms with van der Waals surface area (Å²) in [6.07, 6.45) is 1.39. The lowest BCUT2D eigenvalue weighted by atomic mass is 10.2. The average molecular weight is 572 g/mol. The quantitative estimate of drug-likeness (QED) is 0.139. The van der Waals surface area contributed by atoms with Gasteiger partial charge in [0.1, 0.15) is 16.5 Å². The average Bonchev–Trinajstić information content (AvgIpc) is 2.94. The molecule has 1 heterocycles. The van der Waals surface area contributed by atoms with Gasteiger partial charge in [0.15, 0.2) is 6.61 Å². The second kappa shape index (κ2) is 13.5. The maximum atomic E-state index is 12.7. The van der Waals surface area contributed by atoms with Gasteiger partial charge in [-0.25, -0.2) is 9.78 Å². The molecule has 0 aliphatic heterocycles. The van der Waals surface area contributed by atoms with Crippen molar-refractivity contribution >= 4 is 52.3 Å². The molecule has 0 aliphatic carbocycles. The molecule has 3 rings (SSSR count). The second-order valence-electron chi connectivity index (χ2n) is 7.60. The van der Waals surface area contributed by atoms with Crippen molar-refractivity contribution in [2.45, 2.75) is 5.03 Å². The van der Waals surface area contributed by atoms with Crippen LogP contribution in [0.5, 0.6) is 11.5 Å². The standard InChI is InChI=1S/C24H21N5O10S/c1-37-19-7-5-14(28(33)34)10-17(19)26-21(30)12-39-24(32)16-4-3-9-25-23(16)40-13-22(31)27-18-11-15(29(35)36)6-8-20(18)38-2/h3-11H,12-13H2,1-2H3,(H,26,30)(H,27,31). The third-order valence-corrected chi connectivity index (χ3v) is 6.01. The number of esters is 1. The van der Waals surface area contributed by atoms with Crippen molar-refractivity contribution in [1.29, 1.82) is 0 Å². The predicted molar refractivity (Wildman–Crippen MR) is 142 cm³/mol. The van der Waals surface area contributed by atoms with Crippen molar-refractivity contribution in [3.05, 3.63) is 80.5 Å². The normalized spacial score (nSPS) is 10.2. The van der Waals surface area contributed by atoms with Crippen LogP contribution in [0, 0.1) is 20.2 Å². The van der Waals surface area contributed by atoms with Crippen LogP contribution in [0.15, 0.2) is 59.8 Å². The van der Waals surface area contributed by atoms with Crippen molar-refractivity contribution in [3.8, 4) is 11.5 Å². The summed E-state index contributed by atoms with van der Waals surface area (Å²) in [4.78, 5) is 62.4. The third kappa shape index (κ3) is 7.64. The predicted octanol–water partition coefficient (Wildman–Crippen LogP) is 3.44. The van der Waals surface area contributed by atoms with E-state index in [-0.39, 0.29) is 50.6 Å². The van der Waals surface area contributed by atoms with Crippen LogP contribution in [0.2, 0.25) is 0 Å². The van der Waals surface area contributed by atoms with Crippen LogP contribution < -0.4 is 20.1 Å². The molecule has 0 bridgehead atoms. The van der Waals surface area contributed by atoms with Gasteiger partial charge in [-0.05, 0) is 24.3 Å². The number of nitro benzene ring substituents is 2. The van der Waals surface area contributed by atoms with E-state index >= 15 is 0 Å². The lowest BCUT2D eigenvalue weighted by Crippen LogP contribution is -2.22.